The molecule has 0 unspecified atom stereocenters. The summed E-state index contributed by atoms with van der Waals surface area (Å²) in [6.45, 7) is 7.93. The smallest absolute Gasteiger partial charge is 0.0594 e. The number of nitrogens with zero attached hydrogens (tertiary/aromatic N) is 1. The summed E-state index contributed by atoms with van der Waals surface area (Å²) in [5, 5.41) is 0. The summed E-state index contributed by atoms with van der Waals surface area (Å²) in [7, 11) is 0. The Morgan fingerprint density at radius 3 is 2.11 bits per heavy atom. The molecule has 1 aromatic rings. The highest BCUT2D eigenvalue weighted by Gasteiger charge is 2.49. The minimum atomic E-state index is 0.338. The van der Waals surface area contributed by atoms with Crippen LogP contribution in [0.15, 0.2) is 28.7 Å². The van der Waals surface area contributed by atoms with Crippen molar-refractivity contribution in [2.45, 2.75) is 32.2 Å². The molecule has 1 aliphatic heterocycles. The van der Waals surface area contributed by atoms with E-state index in [0.29, 0.717) is 5.54 Å². The van der Waals surface area contributed by atoms with Gasteiger partial charge in [0, 0.05) is 23.1 Å². The van der Waals surface area contributed by atoms with Crippen LogP contribution in [-0.2, 0) is 10.3 Å². The van der Waals surface area contributed by atoms with E-state index in [1.54, 1.807) is 0 Å². The summed E-state index contributed by atoms with van der Waals surface area (Å²) in [5.74, 6) is 0. The summed E-state index contributed by atoms with van der Waals surface area (Å²) in [6, 6.07) is 8.81. The molecule has 0 aromatic heterocycles. The van der Waals surface area contributed by atoms with E-state index >= 15 is 0 Å². The van der Waals surface area contributed by atoms with Crippen LogP contribution in [0.2, 0.25) is 0 Å². The highest BCUT2D eigenvalue weighted by Crippen LogP contribution is 2.51. The topological polar surface area (TPSA) is 12.5 Å². The molecule has 100 valence electrons. The Hall–Kier alpha value is -0.380. The maximum absolute atomic E-state index is 5.43. The van der Waals surface area contributed by atoms with Crippen molar-refractivity contribution in [1.82, 2.24) is 4.90 Å². The van der Waals surface area contributed by atoms with Crippen molar-refractivity contribution in [3.05, 3.63) is 34.3 Å². The minimum absolute atomic E-state index is 0.338. The van der Waals surface area contributed by atoms with E-state index in [0.717, 1.165) is 30.8 Å². The molecule has 2 nitrogen and oxygen atoms in total. The SMILES string of the molecule is Brc1ccc(C2(N3CCOCC3)CC2)cc1.CC. The predicted molar refractivity (Wildman–Crippen MR) is 78.8 cm³/mol. The number of benzene rings is 1. The molecule has 0 amide bonds. The number of ether oxygens (including phenoxy) is 1. The first-order valence-electron chi connectivity index (χ1n) is 6.90. The summed E-state index contributed by atoms with van der Waals surface area (Å²) >= 11 is 3.50. The Morgan fingerprint density at radius 1 is 1.06 bits per heavy atom. The lowest BCUT2D eigenvalue weighted by Gasteiger charge is -2.35. The zero-order valence-electron chi connectivity index (χ0n) is 11.3. The second-order valence-corrected chi connectivity index (χ2v) is 5.55. The molecule has 0 atom stereocenters. The molecule has 2 aliphatic rings. The van der Waals surface area contributed by atoms with Crippen LogP contribution < -0.4 is 0 Å². The van der Waals surface area contributed by atoms with Gasteiger partial charge in [-0.3, -0.25) is 4.90 Å². The molecule has 2 fully saturated rings. The van der Waals surface area contributed by atoms with Gasteiger partial charge >= 0.3 is 0 Å². The van der Waals surface area contributed by atoms with E-state index < -0.39 is 0 Å². The minimum Gasteiger partial charge on any atom is -0.379 e. The van der Waals surface area contributed by atoms with Crippen molar-refractivity contribution in [3.63, 3.8) is 0 Å². The molecule has 0 spiro atoms. The lowest BCUT2D eigenvalue weighted by atomic mass is 10.0. The van der Waals surface area contributed by atoms with E-state index in [2.05, 4.69) is 45.1 Å². The molecular weight excluding hydrogens is 290 g/mol. The summed E-state index contributed by atoms with van der Waals surface area (Å²) in [5.41, 5.74) is 1.81. The van der Waals surface area contributed by atoms with Gasteiger partial charge in [-0.05, 0) is 30.5 Å². The first-order chi connectivity index (χ1) is 8.81. The van der Waals surface area contributed by atoms with Gasteiger partial charge in [0.25, 0.3) is 0 Å². The van der Waals surface area contributed by atoms with Crippen molar-refractivity contribution >= 4 is 15.9 Å². The molecule has 1 aliphatic carbocycles. The molecule has 3 heteroatoms. The maximum Gasteiger partial charge on any atom is 0.0594 e. The summed E-state index contributed by atoms with van der Waals surface area (Å²) < 4.78 is 6.59. The van der Waals surface area contributed by atoms with Gasteiger partial charge in [-0.25, -0.2) is 0 Å². The normalized spacial score (nSPS) is 21.9. The maximum atomic E-state index is 5.43. The van der Waals surface area contributed by atoms with Gasteiger partial charge in [0.15, 0.2) is 0 Å². The van der Waals surface area contributed by atoms with Gasteiger partial charge in [0.2, 0.25) is 0 Å². The van der Waals surface area contributed by atoms with Crippen molar-refractivity contribution in [1.29, 1.82) is 0 Å². The number of hydrogen-bond donors (Lipinski definition) is 0. The van der Waals surface area contributed by atoms with Crippen LogP contribution in [0, 0.1) is 0 Å². The molecule has 18 heavy (non-hydrogen) atoms. The monoisotopic (exact) mass is 311 g/mol. The first-order valence-corrected chi connectivity index (χ1v) is 7.69. The summed E-state index contributed by atoms with van der Waals surface area (Å²) in [4.78, 5) is 2.60. The average Bonchev–Trinajstić information content (AvgIpc) is 3.24. The van der Waals surface area contributed by atoms with Crippen LogP contribution >= 0.6 is 15.9 Å². The third kappa shape index (κ3) is 2.79. The Bertz CT molecular complexity index is 367. The lowest BCUT2D eigenvalue weighted by molar-refractivity contribution is 0.00835. The van der Waals surface area contributed by atoms with E-state index in [1.165, 1.54) is 18.4 Å². The third-order valence-corrected chi connectivity index (χ3v) is 4.25. The first kappa shape index (κ1) is 14.0. The fraction of sp³-hybridized carbons (Fsp3) is 0.600. The molecule has 1 heterocycles. The fourth-order valence-electron chi connectivity index (χ4n) is 2.66. The number of hydrogen-bond acceptors (Lipinski definition) is 2. The second-order valence-electron chi connectivity index (χ2n) is 4.64. The second kappa shape index (κ2) is 6.18. The Labute approximate surface area is 118 Å². The van der Waals surface area contributed by atoms with Gasteiger partial charge in [0.1, 0.15) is 0 Å². The van der Waals surface area contributed by atoms with Crippen LogP contribution in [-0.4, -0.2) is 31.2 Å². The highest BCUT2D eigenvalue weighted by molar-refractivity contribution is 9.10. The van der Waals surface area contributed by atoms with Gasteiger partial charge in [-0.2, -0.15) is 0 Å². The van der Waals surface area contributed by atoms with Gasteiger partial charge < -0.3 is 4.74 Å². The summed E-state index contributed by atoms with van der Waals surface area (Å²) in [6.07, 6.45) is 2.60. The molecule has 1 saturated carbocycles. The Kier molecular flexibility index (Phi) is 4.82. The third-order valence-electron chi connectivity index (χ3n) is 3.72. The molecule has 1 aromatic carbocycles. The lowest BCUT2D eigenvalue weighted by Crippen LogP contribution is -2.43. The van der Waals surface area contributed by atoms with E-state index in [1.807, 2.05) is 13.8 Å². The van der Waals surface area contributed by atoms with Gasteiger partial charge in [-0.1, -0.05) is 41.9 Å². The van der Waals surface area contributed by atoms with Crippen molar-refractivity contribution < 1.29 is 4.74 Å². The number of morpholine rings is 1. The predicted octanol–water partition coefficient (Wildman–Crippen LogP) is 3.80. The average molecular weight is 312 g/mol. The van der Waals surface area contributed by atoms with Crippen LogP contribution in [0.25, 0.3) is 0 Å². The number of rotatable bonds is 2. The van der Waals surface area contributed by atoms with E-state index in [4.69, 9.17) is 4.74 Å². The molecule has 3 rings (SSSR count). The Morgan fingerprint density at radius 2 is 1.61 bits per heavy atom. The molecule has 0 bridgehead atoms. The van der Waals surface area contributed by atoms with Crippen LogP contribution in [0.1, 0.15) is 32.3 Å². The largest absolute Gasteiger partial charge is 0.379 e. The van der Waals surface area contributed by atoms with Crippen LogP contribution in [0.5, 0.6) is 0 Å². The fourth-order valence-corrected chi connectivity index (χ4v) is 2.92. The van der Waals surface area contributed by atoms with Crippen molar-refractivity contribution in [3.8, 4) is 0 Å². The zero-order chi connectivity index (χ0) is 13.0. The highest BCUT2D eigenvalue weighted by atomic mass is 79.9. The number of halogens is 1. The van der Waals surface area contributed by atoms with Crippen LogP contribution in [0.4, 0.5) is 0 Å². The Balaban J connectivity index is 0.000000574. The molecule has 0 radical (unpaired) electrons. The zero-order valence-corrected chi connectivity index (χ0v) is 12.9. The van der Waals surface area contributed by atoms with E-state index in [9.17, 15) is 0 Å². The molecule has 1 saturated heterocycles. The quantitative estimate of drug-likeness (QED) is 0.824. The van der Waals surface area contributed by atoms with Gasteiger partial charge in [0.05, 0.1) is 13.2 Å². The van der Waals surface area contributed by atoms with Crippen molar-refractivity contribution in [2.24, 2.45) is 0 Å². The van der Waals surface area contributed by atoms with Crippen LogP contribution in [0.3, 0.4) is 0 Å². The molecule has 0 N–H and O–H groups in total. The van der Waals surface area contributed by atoms with Gasteiger partial charge in [-0.15, -0.1) is 0 Å². The standard InChI is InChI=1S/C13H16BrNO.C2H6/c14-12-3-1-11(2-4-12)13(5-6-13)15-7-9-16-10-8-15;1-2/h1-4H,5-10H2;1-2H3. The van der Waals surface area contributed by atoms with Crippen molar-refractivity contribution in [2.75, 3.05) is 26.3 Å². The molecular formula is C15H22BrNO. The van der Waals surface area contributed by atoms with E-state index in [-0.39, 0.29) is 0 Å².